The van der Waals surface area contributed by atoms with Gasteiger partial charge >= 0.3 is 5.97 Å². The van der Waals surface area contributed by atoms with Crippen molar-refractivity contribution < 1.29 is 9.90 Å². The number of aliphatic carboxylic acids is 1. The third kappa shape index (κ3) is 3.02. The molecule has 1 aliphatic rings. The van der Waals surface area contributed by atoms with Crippen molar-refractivity contribution in [3.8, 4) is 0 Å². The zero-order valence-electron chi connectivity index (χ0n) is 8.62. The van der Waals surface area contributed by atoms with Crippen LogP contribution in [0.25, 0.3) is 0 Å². The molecule has 2 nitrogen and oxygen atoms in total. The fraction of sp³-hybridized carbons (Fsp3) is 0.909. The summed E-state index contributed by atoms with van der Waals surface area (Å²) in [6, 6.07) is 0. The molecular formula is C11H20O2. The maximum Gasteiger partial charge on any atom is 0.306 e. The lowest BCUT2D eigenvalue weighted by Gasteiger charge is -2.31. The number of carboxylic acid groups (broad SMARTS) is 1. The highest BCUT2D eigenvalue weighted by Gasteiger charge is 2.31. The normalized spacial score (nSPS) is 19.9. The Labute approximate surface area is 80.3 Å². The van der Waals surface area contributed by atoms with Gasteiger partial charge in [0.2, 0.25) is 0 Å². The maximum absolute atomic E-state index is 10.9. The van der Waals surface area contributed by atoms with Gasteiger partial charge in [-0.1, -0.05) is 26.7 Å². The lowest BCUT2D eigenvalue weighted by Crippen LogP contribution is -2.28. The average Bonchev–Trinajstić information content (AvgIpc) is 1.92. The summed E-state index contributed by atoms with van der Waals surface area (Å²) in [5.41, 5.74) is 0. The van der Waals surface area contributed by atoms with E-state index in [9.17, 15) is 4.79 Å². The van der Waals surface area contributed by atoms with Crippen LogP contribution < -0.4 is 0 Å². The lowest BCUT2D eigenvalue weighted by molar-refractivity contribution is -0.145. The molecule has 1 aliphatic carbocycles. The van der Waals surface area contributed by atoms with E-state index >= 15 is 0 Å². The molecule has 0 aromatic carbocycles. The van der Waals surface area contributed by atoms with E-state index in [2.05, 4.69) is 13.8 Å². The molecule has 0 radical (unpaired) electrons. The average molecular weight is 184 g/mol. The van der Waals surface area contributed by atoms with Gasteiger partial charge in [-0.2, -0.15) is 0 Å². The monoisotopic (exact) mass is 184 g/mol. The predicted octanol–water partition coefficient (Wildman–Crippen LogP) is 2.92. The maximum atomic E-state index is 10.9. The van der Waals surface area contributed by atoms with E-state index in [-0.39, 0.29) is 5.92 Å². The minimum atomic E-state index is -0.578. The third-order valence-corrected chi connectivity index (χ3v) is 3.09. The van der Waals surface area contributed by atoms with Crippen LogP contribution in [0.15, 0.2) is 0 Å². The van der Waals surface area contributed by atoms with Crippen molar-refractivity contribution in [2.75, 3.05) is 0 Å². The summed E-state index contributed by atoms with van der Waals surface area (Å²) >= 11 is 0. The summed E-state index contributed by atoms with van der Waals surface area (Å²) in [6.07, 6.45) is 5.42. The molecular weight excluding hydrogens is 164 g/mol. The Morgan fingerprint density at radius 3 is 2.31 bits per heavy atom. The van der Waals surface area contributed by atoms with E-state index in [4.69, 9.17) is 5.11 Å². The first-order chi connectivity index (χ1) is 6.11. The fourth-order valence-electron chi connectivity index (χ4n) is 1.92. The van der Waals surface area contributed by atoms with Crippen molar-refractivity contribution >= 4 is 5.97 Å². The lowest BCUT2D eigenvalue weighted by atomic mass is 9.73. The summed E-state index contributed by atoms with van der Waals surface area (Å²) in [6.45, 7) is 4.30. The molecule has 1 N–H and O–H groups in total. The van der Waals surface area contributed by atoms with Crippen LogP contribution in [0.1, 0.15) is 46.0 Å². The summed E-state index contributed by atoms with van der Waals surface area (Å²) in [5, 5.41) is 9.02. The summed E-state index contributed by atoms with van der Waals surface area (Å²) in [5.74, 6) is 0.472. The van der Waals surface area contributed by atoms with Gasteiger partial charge < -0.3 is 5.11 Å². The van der Waals surface area contributed by atoms with Crippen molar-refractivity contribution in [1.82, 2.24) is 0 Å². The Morgan fingerprint density at radius 2 is 2.00 bits per heavy atom. The Kier molecular flexibility index (Phi) is 3.76. The Balaban J connectivity index is 2.33. The number of carboxylic acids is 1. The second-order valence-electron chi connectivity index (χ2n) is 4.61. The number of hydrogen-bond acceptors (Lipinski definition) is 1. The highest BCUT2D eigenvalue weighted by atomic mass is 16.4. The molecule has 0 aromatic heterocycles. The molecule has 76 valence electrons. The molecule has 0 amide bonds. The Hall–Kier alpha value is -0.530. The first-order valence-electron chi connectivity index (χ1n) is 5.34. The summed E-state index contributed by atoms with van der Waals surface area (Å²) < 4.78 is 0. The largest absolute Gasteiger partial charge is 0.481 e. The van der Waals surface area contributed by atoms with E-state index in [1.807, 2.05) is 0 Å². The Bertz CT molecular complexity index is 171. The van der Waals surface area contributed by atoms with E-state index in [0.29, 0.717) is 11.8 Å². The van der Waals surface area contributed by atoms with Gasteiger partial charge in [0.25, 0.3) is 0 Å². The van der Waals surface area contributed by atoms with Crippen LogP contribution in [0.3, 0.4) is 0 Å². The molecule has 1 fully saturated rings. The first-order valence-corrected chi connectivity index (χ1v) is 5.34. The smallest absolute Gasteiger partial charge is 0.306 e. The van der Waals surface area contributed by atoms with Gasteiger partial charge in [-0.15, -0.1) is 0 Å². The zero-order chi connectivity index (χ0) is 9.84. The number of rotatable bonds is 5. The molecule has 1 atom stereocenters. The van der Waals surface area contributed by atoms with Gasteiger partial charge in [-0.05, 0) is 31.1 Å². The van der Waals surface area contributed by atoms with Crippen LogP contribution >= 0.6 is 0 Å². The van der Waals surface area contributed by atoms with Crippen molar-refractivity contribution in [1.29, 1.82) is 0 Å². The summed E-state index contributed by atoms with van der Waals surface area (Å²) in [4.78, 5) is 10.9. The SMILES string of the molecule is CC(C)CCC(C(=O)O)C1CCC1. The first kappa shape index (κ1) is 10.6. The molecule has 0 aliphatic heterocycles. The van der Waals surface area contributed by atoms with Crippen molar-refractivity contribution in [3.63, 3.8) is 0 Å². The second-order valence-corrected chi connectivity index (χ2v) is 4.61. The molecule has 0 saturated heterocycles. The van der Waals surface area contributed by atoms with E-state index in [0.717, 1.165) is 25.7 Å². The van der Waals surface area contributed by atoms with Crippen LogP contribution in [0, 0.1) is 17.8 Å². The molecule has 0 bridgehead atoms. The van der Waals surface area contributed by atoms with E-state index in [1.54, 1.807) is 0 Å². The molecule has 1 rings (SSSR count). The molecule has 13 heavy (non-hydrogen) atoms. The minimum Gasteiger partial charge on any atom is -0.481 e. The molecule has 1 unspecified atom stereocenters. The van der Waals surface area contributed by atoms with Crippen LogP contribution in [0.5, 0.6) is 0 Å². The Morgan fingerprint density at radius 1 is 1.38 bits per heavy atom. The van der Waals surface area contributed by atoms with Crippen molar-refractivity contribution in [3.05, 3.63) is 0 Å². The molecule has 1 saturated carbocycles. The third-order valence-electron chi connectivity index (χ3n) is 3.09. The van der Waals surface area contributed by atoms with Crippen molar-refractivity contribution in [2.45, 2.75) is 46.0 Å². The number of hydrogen-bond donors (Lipinski definition) is 1. The molecule has 0 spiro atoms. The molecule has 2 heteroatoms. The fourth-order valence-corrected chi connectivity index (χ4v) is 1.92. The van der Waals surface area contributed by atoms with Crippen LogP contribution in [0.2, 0.25) is 0 Å². The minimum absolute atomic E-state index is 0.0591. The van der Waals surface area contributed by atoms with Gasteiger partial charge in [0, 0.05) is 0 Å². The van der Waals surface area contributed by atoms with Crippen LogP contribution in [0.4, 0.5) is 0 Å². The highest BCUT2D eigenvalue weighted by Crippen LogP contribution is 2.36. The predicted molar refractivity (Wildman–Crippen MR) is 52.5 cm³/mol. The number of carbonyl (C=O) groups is 1. The van der Waals surface area contributed by atoms with E-state index < -0.39 is 5.97 Å². The van der Waals surface area contributed by atoms with Gasteiger partial charge in [-0.3, -0.25) is 4.79 Å². The van der Waals surface area contributed by atoms with Crippen molar-refractivity contribution in [2.24, 2.45) is 17.8 Å². The zero-order valence-corrected chi connectivity index (χ0v) is 8.62. The van der Waals surface area contributed by atoms with Gasteiger partial charge in [0.1, 0.15) is 0 Å². The van der Waals surface area contributed by atoms with Gasteiger partial charge in [0.15, 0.2) is 0 Å². The van der Waals surface area contributed by atoms with Crippen LogP contribution in [-0.4, -0.2) is 11.1 Å². The van der Waals surface area contributed by atoms with Crippen LogP contribution in [-0.2, 0) is 4.79 Å². The van der Waals surface area contributed by atoms with E-state index in [1.165, 1.54) is 6.42 Å². The van der Waals surface area contributed by atoms with Gasteiger partial charge in [-0.25, -0.2) is 0 Å². The highest BCUT2D eigenvalue weighted by molar-refractivity contribution is 5.70. The molecule has 0 heterocycles. The standard InChI is InChI=1S/C11H20O2/c1-8(2)6-7-10(11(12)13)9-4-3-5-9/h8-10H,3-7H2,1-2H3,(H,12,13). The topological polar surface area (TPSA) is 37.3 Å². The molecule has 0 aromatic rings. The summed E-state index contributed by atoms with van der Waals surface area (Å²) in [7, 11) is 0. The second kappa shape index (κ2) is 4.64. The van der Waals surface area contributed by atoms with Gasteiger partial charge in [0.05, 0.1) is 5.92 Å². The quantitative estimate of drug-likeness (QED) is 0.713.